The molecule has 0 aliphatic heterocycles. The van der Waals surface area contributed by atoms with Gasteiger partial charge in [0.25, 0.3) is 0 Å². The number of hydrogen-bond donors (Lipinski definition) is 1. The van der Waals surface area contributed by atoms with E-state index in [9.17, 15) is 0 Å². The van der Waals surface area contributed by atoms with Crippen LogP contribution in [0.25, 0.3) is 12.2 Å². The van der Waals surface area contributed by atoms with Crippen LogP contribution in [0.5, 0.6) is 5.75 Å². The van der Waals surface area contributed by atoms with Crippen LogP contribution in [-0.2, 0) is 0 Å². The van der Waals surface area contributed by atoms with Gasteiger partial charge in [0, 0.05) is 5.38 Å². The Labute approximate surface area is 92.5 Å². The summed E-state index contributed by atoms with van der Waals surface area (Å²) in [6, 6.07) is 7.08. The van der Waals surface area contributed by atoms with Crippen molar-refractivity contribution in [3.8, 4) is 5.75 Å². The van der Waals surface area contributed by atoms with Gasteiger partial charge in [-0.05, 0) is 30.7 Å². The highest BCUT2D eigenvalue weighted by molar-refractivity contribution is 7.09. The second kappa shape index (κ2) is 4.28. The Morgan fingerprint density at radius 3 is 2.53 bits per heavy atom. The number of thiazole rings is 1. The van der Waals surface area contributed by atoms with Crippen LogP contribution in [0.4, 0.5) is 0 Å². The number of benzene rings is 1. The largest absolute Gasteiger partial charge is 0.508 e. The number of nitrogens with zero attached hydrogens (tertiary/aromatic N) is 1. The van der Waals surface area contributed by atoms with Crippen LogP contribution in [0.1, 0.15) is 16.3 Å². The first-order valence-electron chi connectivity index (χ1n) is 4.63. The third-order valence-electron chi connectivity index (χ3n) is 1.98. The maximum absolute atomic E-state index is 9.11. The van der Waals surface area contributed by atoms with Crippen molar-refractivity contribution in [2.24, 2.45) is 0 Å². The molecule has 0 saturated heterocycles. The molecule has 0 aliphatic carbocycles. The number of aromatic hydroxyl groups is 1. The van der Waals surface area contributed by atoms with Gasteiger partial charge in [-0.2, -0.15) is 0 Å². The lowest BCUT2D eigenvalue weighted by atomic mass is 10.2. The first-order valence-corrected chi connectivity index (χ1v) is 5.51. The van der Waals surface area contributed by atoms with Crippen LogP contribution >= 0.6 is 11.3 Å². The molecule has 2 aromatic rings. The Balaban J connectivity index is 2.14. The fourth-order valence-corrected chi connectivity index (χ4v) is 1.80. The van der Waals surface area contributed by atoms with Gasteiger partial charge in [0.15, 0.2) is 0 Å². The summed E-state index contributed by atoms with van der Waals surface area (Å²) in [7, 11) is 0. The highest BCUT2D eigenvalue weighted by Crippen LogP contribution is 2.14. The number of aryl methyl sites for hydroxylation is 1. The van der Waals surface area contributed by atoms with Crippen molar-refractivity contribution in [1.29, 1.82) is 0 Å². The topological polar surface area (TPSA) is 33.1 Å². The van der Waals surface area contributed by atoms with Crippen molar-refractivity contribution < 1.29 is 5.11 Å². The smallest absolute Gasteiger partial charge is 0.115 e. The quantitative estimate of drug-likeness (QED) is 0.837. The lowest BCUT2D eigenvalue weighted by molar-refractivity contribution is 0.475. The van der Waals surface area contributed by atoms with E-state index in [1.807, 2.05) is 36.6 Å². The zero-order valence-electron chi connectivity index (χ0n) is 8.34. The van der Waals surface area contributed by atoms with Gasteiger partial charge in [0.05, 0.1) is 10.7 Å². The molecular formula is C12H11NOS. The van der Waals surface area contributed by atoms with Gasteiger partial charge in [-0.15, -0.1) is 11.3 Å². The Kier molecular flexibility index (Phi) is 2.83. The van der Waals surface area contributed by atoms with Crippen molar-refractivity contribution in [2.45, 2.75) is 6.92 Å². The lowest BCUT2D eigenvalue weighted by Gasteiger charge is -1.92. The second-order valence-electron chi connectivity index (χ2n) is 3.22. The van der Waals surface area contributed by atoms with Gasteiger partial charge in [-0.3, -0.25) is 0 Å². The van der Waals surface area contributed by atoms with Gasteiger partial charge in [-0.25, -0.2) is 4.98 Å². The summed E-state index contributed by atoms with van der Waals surface area (Å²) >= 11 is 1.64. The Bertz CT molecular complexity index is 471. The van der Waals surface area contributed by atoms with E-state index in [0.29, 0.717) is 0 Å². The Morgan fingerprint density at radius 1 is 1.20 bits per heavy atom. The maximum atomic E-state index is 9.11. The van der Waals surface area contributed by atoms with Gasteiger partial charge >= 0.3 is 0 Å². The average Bonchev–Trinajstić information content (AvgIpc) is 2.64. The van der Waals surface area contributed by atoms with Crippen LogP contribution in [0.3, 0.4) is 0 Å². The molecule has 0 atom stereocenters. The SMILES string of the molecule is Cc1nc(/C=C/c2ccc(O)cc2)cs1. The Hall–Kier alpha value is -1.61. The number of hydrogen-bond acceptors (Lipinski definition) is 3. The van der Waals surface area contributed by atoms with Crippen LogP contribution < -0.4 is 0 Å². The standard InChI is InChI=1S/C12H11NOS/c1-9-13-11(8-15-9)5-2-10-3-6-12(14)7-4-10/h2-8,14H,1H3/b5-2+. The maximum Gasteiger partial charge on any atom is 0.115 e. The van der Waals surface area contributed by atoms with E-state index >= 15 is 0 Å². The number of phenolic OH excluding ortho intramolecular Hbond substituents is 1. The minimum Gasteiger partial charge on any atom is -0.508 e. The number of rotatable bonds is 2. The average molecular weight is 217 g/mol. The van der Waals surface area contributed by atoms with Crippen molar-refractivity contribution in [2.75, 3.05) is 0 Å². The molecule has 76 valence electrons. The first kappa shape index (κ1) is 9.93. The zero-order valence-corrected chi connectivity index (χ0v) is 9.16. The monoisotopic (exact) mass is 217 g/mol. The van der Waals surface area contributed by atoms with Crippen LogP contribution in [0, 0.1) is 6.92 Å². The van der Waals surface area contributed by atoms with E-state index < -0.39 is 0 Å². The molecule has 0 aliphatic rings. The molecule has 1 N–H and O–H groups in total. The number of aromatic nitrogens is 1. The lowest BCUT2D eigenvalue weighted by Crippen LogP contribution is -1.73. The van der Waals surface area contributed by atoms with E-state index in [1.165, 1.54) is 0 Å². The molecule has 1 heterocycles. The first-order chi connectivity index (χ1) is 7.24. The van der Waals surface area contributed by atoms with Crippen LogP contribution in [0.2, 0.25) is 0 Å². The third-order valence-corrected chi connectivity index (χ3v) is 2.77. The summed E-state index contributed by atoms with van der Waals surface area (Å²) in [5, 5.41) is 12.2. The minimum atomic E-state index is 0.289. The fourth-order valence-electron chi connectivity index (χ4n) is 1.22. The molecule has 1 aromatic carbocycles. The van der Waals surface area contributed by atoms with E-state index in [2.05, 4.69) is 4.98 Å². The molecule has 0 radical (unpaired) electrons. The predicted molar refractivity (Wildman–Crippen MR) is 63.9 cm³/mol. The van der Waals surface area contributed by atoms with Crippen molar-refractivity contribution >= 4 is 23.5 Å². The molecule has 0 fully saturated rings. The zero-order chi connectivity index (χ0) is 10.7. The van der Waals surface area contributed by atoms with Crippen molar-refractivity contribution in [1.82, 2.24) is 4.98 Å². The minimum absolute atomic E-state index is 0.289. The Morgan fingerprint density at radius 2 is 1.93 bits per heavy atom. The predicted octanol–water partition coefficient (Wildman–Crippen LogP) is 3.33. The molecule has 0 saturated carbocycles. The molecular weight excluding hydrogens is 206 g/mol. The van der Waals surface area contributed by atoms with E-state index in [0.717, 1.165) is 16.3 Å². The van der Waals surface area contributed by atoms with Gasteiger partial charge in [0.1, 0.15) is 5.75 Å². The molecule has 0 unspecified atom stereocenters. The summed E-state index contributed by atoms with van der Waals surface area (Å²) in [4.78, 5) is 4.33. The summed E-state index contributed by atoms with van der Waals surface area (Å²) in [5.41, 5.74) is 2.03. The summed E-state index contributed by atoms with van der Waals surface area (Å²) in [6.45, 7) is 1.99. The summed E-state index contributed by atoms with van der Waals surface area (Å²) < 4.78 is 0. The molecule has 3 heteroatoms. The van der Waals surface area contributed by atoms with Crippen molar-refractivity contribution in [3.63, 3.8) is 0 Å². The van der Waals surface area contributed by atoms with Crippen LogP contribution in [-0.4, -0.2) is 10.1 Å². The van der Waals surface area contributed by atoms with Gasteiger partial charge in [-0.1, -0.05) is 18.2 Å². The normalized spacial score (nSPS) is 11.0. The van der Waals surface area contributed by atoms with Crippen molar-refractivity contribution in [3.05, 3.63) is 45.9 Å². The molecule has 1 aromatic heterocycles. The van der Waals surface area contributed by atoms with E-state index in [-0.39, 0.29) is 5.75 Å². The number of phenols is 1. The van der Waals surface area contributed by atoms with Crippen LogP contribution in [0.15, 0.2) is 29.6 Å². The molecule has 0 amide bonds. The molecule has 2 nitrogen and oxygen atoms in total. The summed E-state index contributed by atoms with van der Waals surface area (Å²) in [6.07, 6.45) is 3.95. The molecule has 2 rings (SSSR count). The van der Waals surface area contributed by atoms with Gasteiger partial charge in [0.2, 0.25) is 0 Å². The summed E-state index contributed by atoms with van der Waals surface area (Å²) in [5.74, 6) is 0.289. The van der Waals surface area contributed by atoms with E-state index in [1.54, 1.807) is 23.5 Å². The molecule has 0 spiro atoms. The second-order valence-corrected chi connectivity index (χ2v) is 4.28. The highest BCUT2D eigenvalue weighted by atomic mass is 32.1. The van der Waals surface area contributed by atoms with E-state index in [4.69, 9.17) is 5.11 Å². The van der Waals surface area contributed by atoms with Gasteiger partial charge < -0.3 is 5.11 Å². The molecule has 0 bridgehead atoms. The fraction of sp³-hybridized carbons (Fsp3) is 0.0833. The highest BCUT2D eigenvalue weighted by Gasteiger charge is 1.93. The molecule has 15 heavy (non-hydrogen) atoms. The third kappa shape index (κ3) is 2.67.